The van der Waals surface area contributed by atoms with Crippen molar-refractivity contribution in [1.29, 1.82) is 0 Å². The van der Waals surface area contributed by atoms with Crippen LogP contribution in [0.1, 0.15) is 0 Å². The number of carbonyl (C=O) groups excluding carboxylic acids is 1. The van der Waals surface area contributed by atoms with Crippen molar-refractivity contribution in [3.05, 3.63) is 89.2 Å². The van der Waals surface area contributed by atoms with Crippen LogP contribution in [0, 0.1) is 10.1 Å². The minimum atomic E-state index is -0.492. The van der Waals surface area contributed by atoms with E-state index >= 15 is 0 Å². The molecule has 1 aromatic heterocycles. The van der Waals surface area contributed by atoms with Gasteiger partial charge < -0.3 is 5.32 Å². The third-order valence-electron chi connectivity index (χ3n) is 3.63. The number of hydrogen-bond donors (Lipinski definition) is 1. The van der Waals surface area contributed by atoms with Crippen LogP contribution in [-0.2, 0) is 11.3 Å². The van der Waals surface area contributed by atoms with Crippen molar-refractivity contribution >= 4 is 17.3 Å². The second-order valence-corrected chi connectivity index (χ2v) is 5.49. The third kappa shape index (κ3) is 4.26. The average Bonchev–Trinajstić information content (AvgIpc) is 2.63. The van der Waals surface area contributed by atoms with Gasteiger partial charge in [-0.1, -0.05) is 36.4 Å². The molecule has 0 aliphatic heterocycles. The van der Waals surface area contributed by atoms with Crippen molar-refractivity contribution in [3.8, 4) is 11.1 Å². The fraction of sp³-hybridized carbons (Fsp3) is 0.0526. The Bertz CT molecular complexity index is 911. The normalized spacial score (nSPS) is 10.2. The van der Waals surface area contributed by atoms with E-state index in [0.717, 1.165) is 11.1 Å². The molecule has 1 N–H and O–H groups in total. The Morgan fingerprint density at radius 2 is 1.76 bits per heavy atom. The Hall–Kier alpha value is -3.54. The van der Waals surface area contributed by atoms with Crippen LogP contribution in [-0.4, -0.2) is 10.8 Å². The van der Waals surface area contributed by atoms with Crippen LogP contribution in [0.5, 0.6) is 0 Å². The van der Waals surface area contributed by atoms with E-state index in [2.05, 4.69) is 5.32 Å². The van der Waals surface area contributed by atoms with Crippen LogP contribution in [0.3, 0.4) is 0 Å². The van der Waals surface area contributed by atoms with Gasteiger partial charge in [0.05, 0.1) is 4.92 Å². The van der Waals surface area contributed by atoms with Crippen molar-refractivity contribution in [2.24, 2.45) is 0 Å². The van der Waals surface area contributed by atoms with Gasteiger partial charge in [0.2, 0.25) is 6.54 Å². The number of benzene rings is 2. The van der Waals surface area contributed by atoms with E-state index in [4.69, 9.17) is 0 Å². The minimum Gasteiger partial charge on any atom is -0.320 e. The maximum absolute atomic E-state index is 12.2. The highest BCUT2D eigenvalue weighted by Crippen LogP contribution is 2.17. The molecule has 0 saturated carbocycles. The van der Waals surface area contributed by atoms with Crippen LogP contribution in [0.15, 0.2) is 79.1 Å². The van der Waals surface area contributed by atoms with Gasteiger partial charge in [0.25, 0.3) is 11.6 Å². The molecular weight excluding hydrogens is 318 g/mol. The summed E-state index contributed by atoms with van der Waals surface area (Å²) >= 11 is 0. The number of aromatic nitrogens is 1. The highest BCUT2D eigenvalue weighted by atomic mass is 16.6. The van der Waals surface area contributed by atoms with E-state index in [9.17, 15) is 14.9 Å². The van der Waals surface area contributed by atoms with Crippen LogP contribution < -0.4 is 9.88 Å². The lowest BCUT2D eigenvalue weighted by Crippen LogP contribution is -2.39. The van der Waals surface area contributed by atoms with Gasteiger partial charge in [-0.2, -0.15) is 4.57 Å². The van der Waals surface area contributed by atoms with Crippen LogP contribution in [0.2, 0.25) is 0 Å². The summed E-state index contributed by atoms with van der Waals surface area (Å²) in [4.78, 5) is 22.5. The highest BCUT2D eigenvalue weighted by molar-refractivity contribution is 5.90. The standard InChI is InChI=1S/C19H15N3O3/c23-19(20-17-9-4-10-18(12-17)22(24)25)14-21-11-5-8-16(13-21)15-6-2-1-3-7-15/h1-13H,14H2/p+1. The summed E-state index contributed by atoms with van der Waals surface area (Å²) in [7, 11) is 0. The minimum absolute atomic E-state index is 0.0588. The topological polar surface area (TPSA) is 76.1 Å². The van der Waals surface area contributed by atoms with Gasteiger partial charge in [-0.05, 0) is 17.7 Å². The largest absolute Gasteiger partial charge is 0.320 e. The number of amides is 1. The van der Waals surface area contributed by atoms with Gasteiger partial charge in [0, 0.05) is 29.4 Å². The van der Waals surface area contributed by atoms with Crippen molar-refractivity contribution in [2.75, 3.05) is 5.32 Å². The van der Waals surface area contributed by atoms with Gasteiger partial charge in [0.15, 0.2) is 12.4 Å². The van der Waals surface area contributed by atoms with E-state index in [1.165, 1.54) is 18.2 Å². The molecule has 0 aliphatic carbocycles. The number of anilines is 1. The van der Waals surface area contributed by atoms with E-state index in [1.807, 2.05) is 48.7 Å². The lowest BCUT2D eigenvalue weighted by atomic mass is 10.1. The predicted octanol–water partition coefficient (Wildman–Crippen LogP) is 3.19. The molecule has 1 amide bonds. The number of hydrogen-bond acceptors (Lipinski definition) is 3. The second-order valence-electron chi connectivity index (χ2n) is 5.49. The van der Waals surface area contributed by atoms with E-state index < -0.39 is 4.92 Å². The Morgan fingerprint density at radius 3 is 2.52 bits per heavy atom. The molecule has 0 unspecified atom stereocenters. The molecule has 0 spiro atoms. The van der Waals surface area contributed by atoms with Crippen molar-refractivity contribution in [2.45, 2.75) is 6.54 Å². The van der Waals surface area contributed by atoms with Crippen LogP contribution in [0.4, 0.5) is 11.4 Å². The van der Waals surface area contributed by atoms with Gasteiger partial charge in [-0.3, -0.25) is 14.9 Å². The maximum Gasteiger partial charge on any atom is 0.290 e. The summed E-state index contributed by atoms with van der Waals surface area (Å²) in [6.45, 7) is 0.114. The van der Waals surface area contributed by atoms with E-state index in [-0.39, 0.29) is 18.1 Å². The zero-order valence-corrected chi connectivity index (χ0v) is 13.3. The zero-order chi connectivity index (χ0) is 17.6. The number of nitrogens with one attached hydrogen (secondary N) is 1. The lowest BCUT2D eigenvalue weighted by molar-refractivity contribution is -0.683. The molecule has 6 nitrogen and oxygen atoms in total. The molecule has 0 bridgehead atoms. The van der Waals surface area contributed by atoms with E-state index in [1.54, 1.807) is 16.8 Å². The fourth-order valence-corrected chi connectivity index (χ4v) is 2.49. The molecular formula is C19H16N3O3+. The Kier molecular flexibility index (Phi) is 4.80. The Morgan fingerprint density at radius 1 is 1.00 bits per heavy atom. The summed E-state index contributed by atoms with van der Waals surface area (Å²) in [5.41, 5.74) is 2.41. The number of nitro groups is 1. The van der Waals surface area contributed by atoms with Gasteiger partial charge in [-0.25, -0.2) is 0 Å². The number of non-ortho nitro benzene ring substituents is 1. The molecule has 0 atom stereocenters. The number of nitro benzene ring substituents is 1. The summed E-state index contributed by atoms with van der Waals surface area (Å²) in [5, 5.41) is 13.5. The quantitative estimate of drug-likeness (QED) is 0.442. The monoisotopic (exact) mass is 334 g/mol. The average molecular weight is 334 g/mol. The van der Waals surface area contributed by atoms with Crippen molar-refractivity contribution in [3.63, 3.8) is 0 Å². The van der Waals surface area contributed by atoms with Crippen LogP contribution >= 0.6 is 0 Å². The summed E-state index contributed by atoms with van der Waals surface area (Å²) in [6.07, 6.45) is 3.70. The molecule has 3 aromatic rings. The first kappa shape index (κ1) is 16.3. The number of rotatable bonds is 5. The first-order valence-electron chi connectivity index (χ1n) is 7.71. The Balaban J connectivity index is 1.71. The number of nitrogens with zero attached hydrogens (tertiary/aromatic N) is 2. The molecule has 6 heteroatoms. The molecule has 0 saturated heterocycles. The third-order valence-corrected chi connectivity index (χ3v) is 3.63. The first-order chi connectivity index (χ1) is 12.1. The molecule has 3 rings (SSSR count). The smallest absolute Gasteiger partial charge is 0.290 e. The van der Waals surface area contributed by atoms with E-state index in [0.29, 0.717) is 5.69 Å². The summed E-state index contributed by atoms with van der Waals surface area (Å²) in [6, 6.07) is 19.6. The molecule has 0 aliphatic rings. The molecule has 1 heterocycles. The highest BCUT2D eigenvalue weighted by Gasteiger charge is 2.13. The maximum atomic E-state index is 12.2. The lowest BCUT2D eigenvalue weighted by Gasteiger charge is -2.04. The van der Waals surface area contributed by atoms with Gasteiger partial charge in [0.1, 0.15) is 0 Å². The first-order valence-corrected chi connectivity index (χ1v) is 7.71. The van der Waals surface area contributed by atoms with Crippen molar-refractivity contribution < 1.29 is 14.3 Å². The zero-order valence-electron chi connectivity index (χ0n) is 13.3. The summed E-state index contributed by atoms with van der Waals surface area (Å²) in [5.74, 6) is -0.254. The van der Waals surface area contributed by atoms with Crippen LogP contribution in [0.25, 0.3) is 11.1 Å². The summed E-state index contributed by atoms with van der Waals surface area (Å²) < 4.78 is 1.77. The molecule has 0 radical (unpaired) electrons. The molecule has 0 fully saturated rings. The molecule has 2 aromatic carbocycles. The predicted molar refractivity (Wildman–Crippen MR) is 93.8 cm³/mol. The molecule has 124 valence electrons. The van der Waals surface area contributed by atoms with Gasteiger partial charge in [-0.15, -0.1) is 0 Å². The Labute approximate surface area is 144 Å². The molecule has 25 heavy (non-hydrogen) atoms. The number of carbonyl (C=O) groups is 1. The van der Waals surface area contributed by atoms with Gasteiger partial charge >= 0.3 is 0 Å². The second kappa shape index (κ2) is 7.35. The fourth-order valence-electron chi connectivity index (χ4n) is 2.49. The van der Waals surface area contributed by atoms with Crippen molar-refractivity contribution in [1.82, 2.24) is 0 Å². The SMILES string of the molecule is O=C(C[n+]1cccc(-c2ccccc2)c1)Nc1cccc([N+](=O)[O-])c1. The number of pyridine rings is 1.